The molecular formula is C24H28Cl2F3N5O2. The summed E-state index contributed by atoms with van der Waals surface area (Å²) >= 11 is 12.0. The molecule has 36 heavy (non-hydrogen) atoms. The molecule has 2 aromatic rings. The molecule has 12 heteroatoms. The van der Waals surface area contributed by atoms with E-state index in [1.165, 1.54) is 0 Å². The van der Waals surface area contributed by atoms with Crippen molar-refractivity contribution in [3.63, 3.8) is 0 Å². The second-order valence-corrected chi connectivity index (χ2v) is 9.78. The number of hydrogen-bond acceptors (Lipinski definition) is 7. The van der Waals surface area contributed by atoms with E-state index in [1.54, 1.807) is 30.0 Å². The first kappa shape index (κ1) is 26.8. The topological polar surface area (TPSA) is 70.6 Å². The number of likely N-dealkylation sites (tertiary alicyclic amines) is 1. The second-order valence-electron chi connectivity index (χ2n) is 8.96. The molecule has 0 radical (unpaired) electrons. The van der Waals surface area contributed by atoms with Gasteiger partial charge >= 0.3 is 12.1 Å². The first-order chi connectivity index (χ1) is 17.2. The first-order valence-electron chi connectivity index (χ1n) is 12.0. The fourth-order valence-corrected chi connectivity index (χ4v) is 5.08. The molecule has 196 valence electrons. The quantitative estimate of drug-likeness (QED) is 0.460. The molecule has 0 aliphatic carbocycles. The van der Waals surface area contributed by atoms with Crippen LogP contribution in [-0.4, -0.2) is 59.7 Å². The van der Waals surface area contributed by atoms with Gasteiger partial charge in [-0.25, -0.2) is 4.98 Å². The van der Waals surface area contributed by atoms with Crippen LogP contribution in [0.25, 0.3) is 0 Å². The van der Waals surface area contributed by atoms with Crippen molar-refractivity contribution in [3.05, 3.63) is 40.0 Å². The van der Waals surface area contributed by atoms with Crippen LogP contribution in [0.1, 0.15) is 38.2 Å². The molecule has 0 spiro atoms. The number of nitrogens with one attached hydrogen (secondary N) is 1. The summed E-state index contributed by atoms with van der Waals surface area (Å²) in [5, 5.41) is 3.58. The lowest BCUT2D eigenvalue weighted by molar-refractivity contribution is -0.150. The van der Waals surface area contributed by atoms with E-state index in [2.05, 4.69) is 20.2 Å². The Morgan fingerprint density at radius 2 is 1.81 bits per heavy atom. The van der Waals surface area contributed by atoms with Gasteiger partial charge in [0.05, 0.1) is 22.6 Å². The van der Waals surface area contributed by atoms with Crippen molar-refractivity contribution in [2.24, 2.45) is 5.92 Å². The van der Waals surface area contributed by atoms with Gasteiger partial charge in [0.1, 0.15) is 11.4 Å². The average molecular weight is 546 g/mol. The third-order valence-corrected chi connectivity index (χ3v) is 7.42. The summed E-state index contributed by atoms with van der Waals surface area (Å²) in [4.78, 5) is 24.1. The second kappa shape index (κ2) is 11.4. The van der Waals surface area contributed by atoms with Crippen LogP contribution in [0.15, 0.2) is 24.4 Å². The molecule has 2 aliphatic rings. The van der Waals surface area contributed by atoms with Crippen molar-refractivity contribution in [2.75, 3.05) is 43.0 Å². The van der Waals surface area contributed by atoms with E-state index < -0.39 is 11.7 Å². The Labute approximate surface area is 217 Å². The molecule has 2 aliphatic heterocycles. The average Bonchev–Trinajstić information content (AvgIpc) is 2.86. The Hall–Kier alpha value is -2.30. The molecular weight excluding hydrogens is 518 g/mol. The maximum atomic E-state index is 13.8. The Morgan fingerprint density at radius 1 is 1.11 bits per heavy atom. The largest absolute Gasteiger partial charge is 0.466 e. The zero-order valence-corrected chi connectivity index (χ0v) is 21.3. The van der Waals surface area contributed by atoms with Gasteiger partial charge in [-0.2, -0.15) is 18.2 Å². The molecule has 2 fully saturated rings. The molecule has 1 N–H and O–H groups in total. The number of nitrogens with zero attached hydrogens (tertiary/aromatic N) is 4. The van der Waals surface area contributed by atoms with E-state index >= 15 is 0 Å². The third-order valence-electron chi connectivity index (χ3n) is 6.68. The summed E-state index contributed by atoms with van der Waals surface area (Å²) in [6.07, 6.45) is -0.862. The molecule has 0 bridgehead atoms. The van der Waals surface area contributed by atoms with E-state index in [9.17, 15) is 18.0 Å². The molecule has 0 atom stereocenters. The minimum atomic E-state index is -4.58. The van der Waals surface area contributed by atoms with Crippen LogP contribution < -0.4 is 10.2 Å². The summed E-state index contributed by atoms with van der Waals surface area (Å²) in [5.41, 5.74) is -0.351. The lowest BCUT2D eigenvalue weighted by Gasteiger charge is -2.42. The molecule has 1 aromatic heterocycles. The fraction of sp³-hybridized carbons (Fsp3) is 0.542. The van der Waals surface area contributed by atoms with Gasteiger partial charge in [0.15, 0.2) is 0 Å². The zero-order chi connectivity index (χ0) is 25.9. The van der Waals surface area contributed by atoms with Crippen LogP contribution in [0.2, 0.25) is 10.0 Å². The standard InChI is InChI=1S/C24H28Cl2F3N5O2/c1-2-36-22(35)15-5-9-33(10-6-15)17-7-11-34(12-8-17)21-18(24(27,28)29)14-30-23(32-21)31-16-3-4-19(25)20(26)13-16/h3-4,13-15,17H,2,5-12H2,1H3,(H,30,31,32). The lowest BCUT2D eigenvalue weighted by Crippen LogP contribution is -2.49. The maximum absolute atomic E-state index is 13.8. The van der Waals surface area contributed by atoms with Crippen molar-refractivity contribution < 1.29 is 22.7 Å². The number of halogens is 5. The number of piperidine rings is 2. The normalized spacial score (nSPS) is 18.3. The van der Waals surface area contributed by atoms with Crippen LogP contribution in [0.3, 0.4) is 0 Å². The molecule has 0 saturated carbocycles. The van der Waals surface area contributed by atoms with Crippen molar-refractivity contribution in [1.29, 1.82) is 0 Å². The summed E-state index contributed by atoms with van der Waals surface area (Å²) < 4.78 is 46.5. The number of hydrogen-bond donors (Lipinski definition) is 1. The first-order valence-corrected chi connectivity index (χ1v) is 12.7. The van der Waals surface area contributed by atoms with E-state index in [1.807, 2.05) is 0 Å². The lowest BCUT2D eigenvalue weighted by atomic mass is 9.93. The van der Waals surface area contributed by atoms with Crippen LogP contribution in [-0.2, 0) is 15.7 Å². The van der Waals surface area contributed by atoms with Gasteiger partial charge in [-0.05, 0) is 63.9 Å². The van der Waals surface area contributed by atoms with E-state index in [0.717, 1.165) is 32.1 Å². The highest BCUT2D eigenvalue weighted by atomic mass is 35.5. The van der Waals surface area contributed by atoms with Crippen LogP contribution in [0, 0.1) is 5.92 Å². The number of esters is 1. The number of rotatable bonds is 6. The number of aromatic nitrogens is 2. The molecule has 4 rings (SSSR count). The molecule has 0 amide bonds. The Kier molecular flexibility index (Phi) is 8.47. The van der Waals surface area contributed by atoms with Crippen molar-refractivity contribution in [2.45, 2.75) is 44.8 Å². The highest BCUT2D eigenvalue weighted by Crippen LogP contribution is 2.37. The molecule has 0 unspecified atom stereocenters. The highest BCUT2D eigenvalue weighted by molar-refractivity contribution is 6.42. The van der Waals surface area contributed by atoms with Gasteiger partial charge < -0.3 is 19.9 Å². The van der Waals surface area contributed by atoms with Gasteiger partial charge in [-0.3, -0.25) is 4.79 Å². The summed E-state index contributed by atoms with van der Waals surface area (Å²) in [6, 6.07) is 5.04. The number of ether oxygens (including phenoxy) is 1. The van der Waals surface area contributed by atoms with Crippen LogP contribution in [0.4, 0.5) is 30.6 Å². The predicted molar refractivity (Wildman–Crippen MR) is 133 cm³/mol. The number of carbonyl (C=O) groups excluding carboxylic acids is 1. The van der Waals surface area contributed by atoms with E-state index in [4.69, 9.17) is 27.9 Å². The molecule has 2 saturated heterocycles. The summed E-state index contributed by atoms with van der Waals surface area (Å²) in [5.74, 6) is -0.308. The minimum Gasteiger partial charge on any atom is -0.466 e. The van der Waals surface area contributed by atoms with Gasteiger partial charge in [0, 0.05) is 31.0 Å². The maximum Gasteiger partial charge on any atom is 0.421 e. The Morgan fingerprint density at radius 3 is 2.42 bits per heavy atom. The third kappa shape index (κ3) is 6.33. The predicted octanol–water partition coefficient (Wildman–Crippen LogP) is 5.79. The Bertz CT molecular complexity index is 1070. The smallest absolute Gasteiger partial charge is 0.421 e. The number of benzene rings is 1. The number of carbonyl (C=O) groups is 1. The molecule has 1 aromatic carbocycles. The number of anilines is 3. The Balaban J connectivity index is 1.43. The van der Waals surface area contributed by atoms with Crippen molar-refractivity contribution in [1.82, 2.24) is 14.9 Å². The van der Waals surface area contributed by atoms with Gasteiger partial charge in [0.2, 0.25) is 5.95 Å². The molecule has 7 nitrogen and oxygen atoms in total. The summed E-state index contributed by atoms with van der Waals surface area (Å²) in [7, 11) is 0. The van der Waals surface area contributed by atoms with E-state index in [-0.39, 0.29) is 29.7 Å². The van der Waals surface area contributed by atoms with Crippen LogP contribution in [0.5, 0.6) is 0 Å². The summed E-state index contributed by atoms with van der Waals surface area (Å²) in [6.45, 7) is 4.63. The monoisotopic (exact) mass is 545 g/mol. The molecule has 3 heterocycles. The van der Waals surface area contributed by atoms with Crippen molar-refractivity contribution >= 4 is 46.6 Å². The minimum absolute atomic E-state index is 0.0413. The van der Waals surface area contributed by atoms with Crippen molar-refractivity contribution in [3.8, 4) is 0 Å². The highest BCUT2D eigenvalue weighted by Gasteiger charge is 2.38. The van der Waals surface area contributed by atoms with Gasteiger partial charge in [-0.15, -0.1) is 0 Å². The van der Waals surface area contributed by atoms with Gasteiger partial charge in [0.25, 0.3) is 0 Å². The van der Waals surface area contributed by atoms with E-state index in [0.29, 0.717) is 48.3 Å². The fourth-order valence-electron chi connectivity index (χ4n) is 4.78. The number of alkyl halides is 3. The SMILES string of the molecule is CCOC(=O)C1CCN(C2CCN(c3nc(Nc4ccc(Cl)c(Cl)c4)ncc3C(F)(F)F)CC2)CC1. The van der Waals surface area contributed by atoms with Crippen LogP contribution >= 0.6 is 23.2 Å². The zero-order valence-electron chi connectivity index (χ0n) is 19.8. The van der Waals surface area contributed by atoms with Gasteiger partial charge in [-0.1, -0.05) is 23.2 Å².